The van der Waals surface area contributed by atoms with Crippen LogP contribution in [-0.4, -0.2) is 0 Å². The van der Waals surface area contributed by atoms with Crippen molar-refractivity contribution < 1.29 is 4.42 Å². The minimum absolute atomic E-state index is 0.897. The summed E-state index contributed by atoms with van der Waals surface area (Å²) in [5.74, 6) is 0. The van der Waals surface area contributed by atoms with Crippen molar-refractivity contribution in [2.24, 2.45) is 0 Å². The highest BCUT2D eigenvalue weighted by molar-refractivity contribution is 6.23. The SMILES string of the molecule is c1ccc(-c2ccc(-c3ccc(N(c4ccc(-c5ccccc5)cc4)c4cccc(-c5ccc6cc(-c7ccccc7)c7oc8ccccc8c7c6c5)c4)cc3)cc2)cc1. The van der Waals surface area contributed by atoms with E-state index in [-0.39, 0.29) is 0 Å². The van der Waals surface area contributed by atoms with Crippen LogP contribution in [0.5, 0.6) is 0 Å². The van der Waals surface area contributed by atoms with Gasteiger partial charge in [-0.2, -0.15) is 0 Å². The number of rotatable bonds is 8. The number of nitrogens with zero attached hydrogens (tertiary/aromatic N) is 1. The zero-order chi connectivity index (χ0) is 39.8. The molecule has 10 aromatic carbocycles. The zero-order valence-electron chi connectivity index (χ0n) is 32.9. The summed E-state index contributed by atoms with van der Waals surface area (Å²) in [5.41, 5.74) is 16.8. The minimum Gasteiger partial charge on any atom is -0.455 e. The molecule has 0 bridgehead atoms. The van der Waals surface area contributed by atoms with Gasteiger partial charge in [0.25, 0.3) is 0 Å². The Bertz CT molecular complexity index is 3260. The topological polar surface area (TPSA) is 16.4 Å². The first-order valence-corrected chi connectivity index (χ1v) is 20.5. The van der Waals surface area contributed by atoms with Gasteiger partial charge in [-0.15, -0.1) is 0 Å². The number of fused-ring (bicyclic) bond motifs is 5. The second-order valence-electron chi connectivity index (χ2n) is 15.3. The van der Waals surface area contributed by atoms with Crippen molar-refractivity contribution in [3.8, 4) is 55.6 Å². The second kappa shape index (κ2) is 15.1. The molecule has 60 heavy (non-hydrogen) atoms. The summed E-state index contributed by atoms with van der Waals surface area (Å²) in [6.07, 6.45) is 0. The maximum absolute atomic E-state index is 6.63. The van der Waals surface area contributed by atoms with Gasteiger partial charge in [0.1, 0.15) is 11.2 Å². The standard InChI is InChI=1S/C58H39NO/c1-4-13-40(14-5-1)42-23-25-43(26-24-42)45-31-35-51(36-32-45)59(50-33-29-44(30-34-50)41-15-6-2-7-16-41)52-20-12-19-47(37-52)48-27-28-49-39-55(46-17-8-3-9-18-46)58-57(54(49)38-48)53-21-10-11-22-56(53)60-58/h1-39H. The smallest absolute Gasteiger partial charge is 0.143 e. The molecule has 2 heteroatoms. The number of hydrogen-bond acceptors (Lipinski definition) is 2. The quantitative estimate of drug-likeness (QED) is 0.153. The third kappa shape index (κ3) is 6.51. The number of anilines is 3. The average Bonchev–Trinajstić information content (AvgIpc) is 3.73. The fourth-order valence-electron chi connectivity index (χ4n) is 8.63. The van der Waals surface area contributed by atoms with Gasteiger partial charge in [-0.05, 0) is 115 Å². The number of furan rings is 1. The Morgan fingerprint density at radius 1 is 0.283 bits per heavy atom. The summed E-state index contributed by atoms with van der Waals surface area (Å²) in [6, 6.07) is 84.7. The van der Waals surface area contributed by atoms with Crippen molar-refractivity contribution in [3.63, 3.8) is 0 Å². The molecule has 0 saturated carbocycles. The molecule has 0 spiro atoms. The molecule has 1 heterocycles. The van der Waals surface area contributed by atoms with Crippen LogP contribution in [0.3, 0.4) is 0 Å². The normalized spacial score (nSPS) is 11.3. The predicted molar refractivity (Wildman–Crippen MR) is 253 cm³/mol. The first-order valence-electron chi connectivity index (χ1n) is 20.5. The van der Waals surface area contributed by atoms with Crippen LogP contribution in [0.4, 0.5) is 17.1 Å². The molecule has 1 aromatic heterocycles. The Labute approximate surface area is 349 Å². The highest BCUT2D eigenvalue weighted by Crippen LogP contribution is 2.43. The van der Waals surface area contributed by atoms with Gasteiger partial charge >= 0.3 is 0 Å². The predicted octanol–water partition coefficient (Wildman–Crippen LogP) is 16.5. The van der Waals surface area contributed by atoms with Gasteiger partial charge in [-0.25, -0.2) is 0 Å². The molecule has 0 radical (unpaired) electrons. The van der Waals surface area contributed by atoms with Crippen LogP contribution in [0.25, 0.3) is 88.3 Å². The molecule has 0 aliphatic rings. The third-order valence-electron chi connectivity index (χ3n) is 11.7. The average molecular weight is 766 g/mol. The molecule has 0 atom stereocenters. The molecule has 0 unspecified atom stereocenters. The van der Waals surface area contributed by atoms with Crippen LogP contribution >= 0.6 is 0 Å². The van der Waals surface area contributed by atoms with Crippen molar-refractivity contribution in [3.05, 3.63) is 237 Å². The molecular formula is C58H39NO. The van der Waals surface area contributed by atoms with Gasteiger partial charge < -0.3 is 9.32 Å². The molecule has 282 valence electrons. The van der Waals surface area contributed by atoms with Gasteiger partial charge in [-0.1, -0.05) is 182 Å². The Hall–Kier alpha value is -7.94. The first kappa shape index (κ1) is 35.2. The van der Waals surface area contributed by atoms with Crippen molar-refractivity contribution in [1.29, 1.82) is 0 Å². The van der Waals surface area contributed by atoms with E-state index in [4.69, 9.17) is 4.42 Å². The van der Waals surface area contributed by atoms with Crippen LogP contribution in [0, 0.1) is 0 Å². The monoisotopic (exact) mass is 765 g/mol. The number of para-hydroxylation sites is 1. The first-order chi connectivity index (χ1) is 29.7. The maximum Gasteiger partial charge on any atom is 0.143 e. The van der Waals surface area contributed by atoms with E-state index in [1.807, 2.05) is 6.07 Å². The van der Waals surface area contributed by atoms with E-state index < -0.39 is 0 Å². The largest absolute Gasteiger partial charge is 0.455 e. The molecular weight excluding hydrogens is 727 g/mol. The van der Waals surface area contributed by atoms with E-state index in [0.717, 1.165) is 61.3 Å². The Morgan fingerprint density at radius 3 is 1.32 bits per heavy atom. The molecule has 0 fully saturated rings. The van der Waals surface area contributed by atoms with Gasteiger partial charge in [0.2, 0.25) is 0 Å². The fourth-order valence-corrected chi connectivity index (χ4v) is 8.63. The van der Waals surface area contributed by atoms with Gasteiger partial charge in [0, 0.05) is 33.4 Å². The summed E-state index contributed by atoms with van der Waals surface area (Å²) in [7, 11) is 0. The van der Waals surface area contributed by atoms with Crippen molar-refractivity contribution in [2.75, 3.05) is 4.90 Å². The van der Waals surface area contributed by atoms with Crippen molar-refractivity contribution >= 4 is 49.8 Å². The lowest BCUT2D eigenvalue weighted by atomic mass is 9.93. The van der Waals surface area contributed by atoms with E-state index in [9.17, 15) is 0 Å². The molecule has 0 amide bonds. The molecule has 11 rings (SSSR count). The lowest BCUT2D eigenvalue weighted by molar-refractivity contribution is 0.670. The van der Waals surface area contributed by atoms with E-state index >= 15 is 0 Å². The highest BCUT2D eigenvalue weighted by atomic mass is 16.3. The van der Waals surface area contributed by atoms with Crippen LogP contribution in [0.15, 0.2) is 241 Å². The molecule has 0 aliphatic carbocycles. The zero-order valence-corrected chi connectivity index (χ0v) is 32.9. The summed E-state index contributed by atoms with van der Waals surface area (Å²) in [4.78, 5) is 2.36. The van der Waals surface area contributed by atoms with Gasteiger partial charge in [-0.3, -0.25) is 0 Å². The van der Waals surface area contributed by atoms with Crippen LogP contribution < -0.4 is 4.90 Å². The molecule has 2 nitrogen and oxygen atoms in total. The Balaban J connectivity index is 1.00. The summed E-state index contributed by atoms with van der Waals surface area (Å²) in [5, 5.41) is 4.64. The van der Waals surface area contributed by atoms with Crippen molar-refractivity contribution in [2.45, 2.75) is 0 Å². The summed E-state index contributed by atoms with van der Waals surface area (Å²) >= 11 is 0. The minimum atomic E-state index is 0.897. The lowest BCUT2D eigenvalue weighted by Crippen LogP contribution is -2.10. The van der Waals surface area contributed by atoms with E-state index in [1.54, 1.807) is 0 Å². The van der Waals surface area contributed by atoms with Crippen LogP contribution in [-0.2, 0) is 0 Å². The van der Waals surface area contributed by atoms with Gasteiger partial charge in [0.05, 0.1) is 0 Å². The van der Waals surface area contributed by atoms with Crippen LogP contribution in [0.1, 0.15) is 0 Å². The van der Waals surface area contributed by atoms with E-state index in [1.165, 1.54) is 44.2 Å². The number of hydrogen-bond donors (Lipinski definition) is 0. The molecule has 11 aromatic rings. The number of benzene rings is 10. The third-order valence-corrected chi connectivity index (χ3v) is 11.7. The summed E-state index contributed by atoms with van der Waals surface area (Å²) in [6.45, 7) is 0. The Kier molecular flexibility index (Phi) is 8.87. The van der Waals surface area contributed by atoms with Crippen LogP contribution in [0.2, 0.25) is 0 Å². The van der Waals surface area contributed by atoms with Crippen molar-refractivity contribution in [1.82, 2.24) is 0 Å². The van der Waals surface area contributed by atoms with Gasteiger partial charge in [0.15, 0.2) is 0 Å². The Morgan fingerprint density at radius 2 is 0.733 bits per heavy atom. The molecule has 0 N–H and O–H groups in total. The summed E-state index contributed by atoms with van der Waals surface area (Å²) < 4.78 is 6.63. The molecule has 0 saturated heterocycles. The lowest BCUT2D eigenvalue weighted by Gasteiger charge is -2.26. The van der Waals surface area contributed by atoms with E-state index in [2.05, 4.69) is 235 Å². The molecule has 0 aliphatic heterocycles. The van der Waals surface area contributed by atoms with E-state index in [0.29, 0.717) is 0 Å². The maximum atomic E-state index is 6.63. The second-order valence-corrected chi connectivity index (χ2v) is 15.3. The highest BCUT2D eigenvalue weighted by Gasteiger charge is 2.18. The fraction of sp³-hybridized carbons (Fsp3) is 0.